The van der Waals surface area contributed by atoms with Gasteiger partial charge in [0.15, 0.2) is 0 Å². The maximum absolute atomic E-state index is 8.49. The van der Waals surface area contributed by atoms with E-state index in [-0.39, 0.29) is 0 Å². The lowest BCUT2D eigenvalue weighted by atomic mass is 9.97. The van der Waals surface area contributed by atoms with E-state index < -0.39 is 10.2 Å². The molecule has 0 atom stereocenters. The Kier molecular flexibility index (Phi) is 8.64. The molecule has 0 unspecified atom stereocenters. The van der Waals surface area contributed by atoms with Crippen LogP contribution in [0.25, 0.3) is 33.8 Å². The van der Waals surface area contributed by atoms with Gasteiger partial charge in [0, 0.05) is 18.2 Å². The van der Waals surface area contributed by atoms with Crippen LogP contribution in [-0.2, 0) is 0 Å². The lowest BCUT2D eigenvalue weighted by molar-refractivity contribution is -2.00. The maximum atomic E-state index is 8.49. The number of ether oxygens (including phenoxy) is 3. The Morgan fingerprint density at radius 2 is 1.11 bits per heavy atom. The third-order valence-corrected chi connectivity index (χ3v) is 4.94. The molecular formula is C26H23ClO8. The number of benzene rings is 3. The molecule has 0 aliphatic heterocycles. The van der Waals surface area contributed by atoms with Crippen LogP contribution >= 0.6 is 0 Å². The first kappa shape index (κ1) is 26.0. The Morgan fingerprint density at radius 1 is 0.629 bits per heavy atom. The Bertz CT molecular complexity index is 1210. The highest BCUT2D eigenvalue weighted by Gasteiger charge is 2.28. The summed E-state index contributed by atoms with van der Waals surface area (Å²) in [7, 11) is -0.0575. The van der Waals surface area contributed by atoms with Crippen molar-refractivity contribution in [3.05, 3.63) is 84.9 Å². The second kappa shape index (κ2) is 11.7. The molecule has 0 saturated carbocycles. The minimum atomic E-state index is -4.94. The quantitative estimate of drug-likeness (QED) is 0.368. The summed E-state index contributed by atoms with van der Waals surface area (Å²) in [6, 6.07) is 27.8. The summed E-state index contributed by atoms with van der Waals surface area (Å²) in [6.45, 7) is 0. The van der Waals surface area contributed by atoms with E-state index in [9.17, 15) is 0 Å². The fraction of sp³-hybridized carbons (Fsp3) is 0.115. The second-order valence-electron chi connectivity index (χ2n) is 7.06. The standard InChI is InChI=1S/C26H23O4.ClHO4/c1-27-20-16-23(28-2)25(24(17-20)29-3)21-14-15-22(18-10-6-4-7-11-18)30-26(21)19-12-8-5-9-13-19;2-1(3,4)5/h4-17H,1-3H3;(H,2,3,4,5)/q+1;/p-1. The van der Waals surface area contributed by atoms with Gasteiger partial charge in [0.05, 0.1) is 43.6 Å². The fourth-order valence-corrected chi connectivity index (χ4v) is 3.46. The predicted molar refractivity (Wildman–Crippen MR) is 119 cm³/mol. The van der Waals surface area contributed by atoms with Gasteiger partial charge in [-0.2, -0.15) is 0 Å². The highest BCUT2D eigenvalue weighted by atomic mass is 35.7. The van der Waals surface area contributed by atoms with Crippen LogP contribution in [0.4, 0.5) is 0 Å². The lowest BCUT2D eigenvalue weighted by Crippen LogP contribution is -2.68. The van der Waals surface area contributed by atoms with Gasteiger partial charge in [-0.25, -0.2) is 23.1 Å². The van der Waals surface area contributed by atoms with Crippen LogP contribution in [0.1, 0.15) is 0 Å². The summed E-state index contributed by atoms with van der Waals surface area (Å²) in [4.78, 5) is 0. The summed E-state index contributed by atoms with van der Waals surface area (Å²) in [6.07, 6.45) is 0. The molecule has 0 aliphatic carbocycles. The van der Waals surface area contributed by atoms with Crippen molar-refractivity contribution in [1.29, 1.82) is 0 Å². The van der Waals surface area contributed by atoms with Crippen molar-refractivity contribution in [2.45, 2.75) is 0 Å². The first-order valence-electron chi connectivity index (χ1n) is 10.2. The topological polar surface area (TPSA) is 131 Å². The van der Waals surface area contributed by atoms with E-state index >= 15 is 0 Å². The van der Waals surface area contributed by atoms with E-state index in [0.717, 1.165) is 33.8 Å². The summed E-state index contributed by atoms with van der Waals surface area (Å²) < 4.78 is 57.2. The number of rotatable bonds is 6. The van der Waals surface area contributed by atoms with Crippen molar-refractivity contribution in [3.8, 4) is 51.0 Å². The largest absolute Gasteiger partial charge is 0.496 e. The summed E-state index contributed by atoms with van der Waals surface area (Å²) in [5.74, 6) is 3.46. The van der Waals surface area contributed by atoms with Crippen LogP contribution in [0.3, 0.4) is 0 Å². The van der Waals surface area contributed by atoms with Gasteiger partial charge in [-0.05, 0) is 30.3 Å². The van der Waals surface area contributed by atoms with E-state index in [2.05, 4.69) is 0 Å². The average molecular weight is 499 g/mol. The molecule has 0 spiro atoms. The highest BCUT2D eigenvalue weighted by Crippen LogP contribution is 2.46. The molecule has 0 saturated heterocycles. The molecule has 0 amide bonds. The first-order valence-corrected chi connectivity index (χ1v) is 11.5. The number of hydrogen-bond donors (Lipinski definition) is 0. The summed E-state index contributed by atoms with van der Waals surface area (Å²) in [5.41, 5.74) is 3.65. The Balaban J connectivity index is 0.000000623. The van der Waals surface area contributed by atoms with Gasteiger partial charge in [-0.3, -0.25) is 0 Å². The van der Waals surface area contributed by atoms with Crippen LogP contribution in [-0.4, -0.2) is 21.3 Å². The van der Waals surface area contributed by atoms with Crippen LogP contribution < -0.4 is 32.8 Å². The molecule has 0 N–H and O–H groups in total. The number of halogens is 1. The van der Waals surface area contributed by atoms with E-state index in [0.29, 0.717) is 17.2 Å². The molecule has 35 heavy (non-hydrogen) atoms. The first-order chi connectivity index (χ1) is 16.7. The average Bonchev–Trinajstić information content (AvgIpc) is 2.87. The highest BCUT2D eigenvalue weighted by molar-refractivity contribution is 5.87. The van der Waals surface area contributed by atoms with Gasteiger partial charge in [0.2, 0.25) is 0 Å². The van der Waals surface area contributed by atoms with E-state index in [1.54, 1.807) is 21.3 Å². The maximum Gasteiger partial charge on any atom is 0.368 e. The normalized spacial score (nSPS) is 10.7. The Hall–Kier alpha value is -3.66. The zero-order chi connectivity index (χ0) is 25.4. The van der Waals surface area contributed by atoms with Gasteiger partial charge in [0.25, 0.3) is 0 Å². The minimum absolute atomic E-state index is 0.644. The molecule has 1 aromatic heterocycles. The Morgan fingerprint density at radius 3 is 1.57 bits per heavy atom. The molecule has 0 bridgehead atoms. The number of methoxy groups -OCH3 is 3. The molecule has 1 heterocycles. The smallest absolute Gasteiger partial charge is 0.368 e. The molecule has 8 nitrogen and oxygen atoms in total. The van der Waals surface area contributed by atoms with Crippen molar-refractivity contribution in [2.24, 2.45) is 0 Å². The van der Waals surface area contributed by atoms with Crippen molar-refractivity contribution in [1.82, 2.24) is 0 Å². The summed E-state index contributed by atoms with van der Waals surface area (Å²) in [5, 5.41) is 0. The van der Waals surface area contributed by atoms with Crippen LogP contribution in [0.15, 0.2) is 89.3 Å². The predicted octanol–water partition coefficient (Wildman–Crippen LogP) is 1.83. The van der Waals surface area contributed by atoms with Gasteiger partial charge in [-0.15, -0.1) is 10.2 Å². The van der Waals surface area contributed by atoms with Crippen LogP contribution in [0.5, 0.6) is 17.2 Å². The monoisotopic (exact) mass is 498 g/mol. The van der Waals surface area contributed by atoms with E-state index in [1.165, 1.54) is 0 Å². The van der Waals surface area contributed by atoms with Gasteiger partial charge in [0.1, 0.15) is 17.2 Å². The van der Waals surface area contributed by atoms with E-state index in [4.69, 9.17) is 37.3 Å². The molecule has 0 fully saturated rings. The molecule has 9 heteroatoms. The zero-order valence-corrected chi connectivity index (χ0v) is 20.0. The Labute approximate surface area is 204 Å². The minimum Gasteiger partial charge on any atom is -0.496 e. The molecule has 3 aromatic carbocycles. The lowest BCUT2D eigenvalue weighted by Gasteiger charge is -2.17. The second-order valence-corrected chi connectivity index (χ2v) is 7.82. The molecule has 4 rings (SSSR count). The SMILES string of the molecule is COc1cc(OC)c(-c2ccc(-c3ccccc3)[o+]c2-c2ccccc2)c(OC)c1.[O-][Cl+3]([O-])([O-])[O-]. The molecule has 182 valence electrons. The van der Waals surface area contributed by atoms with E-state index in [1.807, 2.05) is 84.9 Å². The zero-order valence-electron chi connectivity index (χ0n) is 19.2. The van der Waals surface area contributed by atoms with Crippen molar-refractivity contribution in [2.75, 3.05) is 21.3 Å². The van der Waals surface area contributed by atoms with Crippen molar-refractivity contribution < 1.29 is 47.5 Å². The molecule has 0 radical (unpaired) electrons. The van der Waals surface area contributed by atoms with Crippen LogP contribution in [0, 0.1) is 10.2 Å². The van der Waals surface area contributed by atoms with Gasteiger partial charge >= 0.3 is 11.5 Å². The fourth-order valence-electron chi connectivity index (χ4n) is 3.46. The molecule has 4 aromatic rings. The van der Waals surface area contributed by atoms with Crippen molar-refractivity contribution in [3.63, 3.8) is 0 Å². The van der Waals surface area contributed by atoms with Gasteiger partial charge in [-0.1, -0.05) is 36.4 Å². The number of hydrogen-bond acceptors (Lipinski definition) is 7. The van der Waals surface area contributed by atoms with Crippen LogP contribution in [0.2, 0.25) is 0 Å². The third kappa shape index (κ3) is 6.92. The van der Waals surface area contributed by atoms with Gasteiger partial charge < -0.3 is 14.2 Å². The molecular weight excluding hydrogens is 476 g/mol. The van der Waals surface area contributed by atoms with Crippen molar-refractivity contribution >= 4 is 0 Å². The molecule has 0 aliphatic rings. The third-order valence-electron chi connectivity index (χ3n) is 4.94. The summed E-state index contributed by atoms with van der Waals surface area (Å²) >= 11 is 0.